The minimum absolute atomic E-state index is 0.319. The van der Waals surface area contributed by atoms with Gasteiger partial charge in [0, 0.05) is 5.92 Å². The number of rotatable bonds is 2. The smallest absolute Gasteiger partial charge is 0.0894 e. The van der Waals surface area contributed by atoms with Gasteiger partial charge in [0.2, 0.25) is 0 Å². The summed E-state index contributed by atoms with van der Waals surface area (Å²) in [4.78, 5) is 10.0. The molecule has 0 aliphatic heterocycles. The van der Waals surface area contributed by atoms with E-state index < -0.39 is 0 Å². The molecule has 1 aromatic carbocycles. The number of hydrogen-bond donors (Lipinski definition) is 0. The lowest BCUT2D eigenvalue weighted by atomic mass is 9.91. The zero-order valence-electron chi connectivity index (χ0n) is 13.4. The van der Waals surface area contributed by atoms with E-state index in [0.717, 1.165) is 41.7 Å². The summed E-state index contributed by atoms with van der Waals surface area (Å²) in [6.45, 7) is 2.10. The van der Waals surface area contributed by atoms with Gasteiger partial charge >= 0.3 is 0 Å². The Morgan fingerprint density at radius 1 is 1.00 bits per heavy atom. The highest BCUT2D eigenvalue weighted by molar-refractivity contribution is 5.79. The fraction of sp³-hybridized carbons (Fsp3) is 0.238. The number of fused-ring (bicyclic) bond motifs is 1. The third kappa shape index (κ3) is 2.77. The fourth-order valence-corrected chi connectivity index (χ4v) is 3.26. The maximum atomic E-state index is 5.02. The number of benzene rings is 1. The second-order valence-electron chi connectivity index (χ2n) is 6.26. The molecule has 2 aliphatic rings. The van der Waals surface area contributed by atoms with Crippen molar-refractivity contribution in [1.29, 1.82) is 0 Å². The molecule has 1 heterocycles. The van der Waals surface area contributed by atoms with Crippen LogP contribution < -0.4 is 0 Å². The summed E-state index contributed by atoms with van der Waals surface area (Å²) < 4.78 is 0. The van der Waals surface area contributed by atoms with Crippen molar-refractivity contribution in [2.45, 2.75) is 32.1 Å². The second-order valence-corrected chi connectivity index (χ2v) is 6.26. The Labute approximate surface area is 137 Å². The number of allylic oxidation sites excluding steroid dienone is 8. The Bertz CT molecular complexity index is 869. The van der Waals surface area contributed by atoms with Crippen LogP contribution in [0.3, 0.4) is 0 Å². The van der Waals surface area contributed by atoms with Gasteiger partial charge < -0.3 is 0 Å². The van der Waals surface area contributed by atoms with Crippen molar-refractivity contribution in [2.24, 2.45) is 0 Å². The summed E-state index contributed by atoms with van der Waals surface area (Å²) in [7, 11) is 0. The fourth-order valence-electron chi connectivity index (χ4n) is 3.26. The predicted octanol–water partition coefficient (Wildman–Crippen LogP) is 5.27. The van der Waals surface area contributed by atoms with E-state index in [2.05, 4.69) is 67.7 Å². The Balaban J connectivity index is 1.92. The molecule has 0 amide bonds. The largest absolute Gasteiger partial charge is 0.248 e. The van der Waals surface area contributed by atoms with Gasteiger partial charge in [0.15, 0.2) is 0 Å². The lowest BCUT2D eigenvalue weighted by molar-refractivity contribution is 0.806. The van der Waals surface area contributed by atoms with Crippen LogP contribution in [0.4, 0.5) is 0 Å². The van der Waals surface area contributed by atoms with Crippen molar-refractivity contribution in [3.05, 3.63) is 77.7 Å². The molecule has 4 rings (SSSR count). The van der Waals surface area contributed by atoms with Crippen LogP contribution >= 0.6 is 0 Å². The molecule has 2 aliphatic carbocycles. The third-order valence-electron chi connectivity index (χ3n) is 4.50. The average Bonchev–Trinajstić information content (AvgIpc) is 2.62. The van der Waals surface area contributed by atoms with Crippen LogP contribution in [0, 0.1) is 6.92 Å². The van der Waals surface area contributed by atoms with Crippen LogP contribution in [0.1, 0.15) is 42.1 Å². The van der Waals surface area contributed by atoms with Crippen molar-refractivity contribution in [2.75, 3.05) is 0 Å². The average molecular weight is 300 g/mol. The van der Waals surface area contributed by atoms with Gasteiger partial charge in [-0.3, -0.25) is 0 Å². The first kappa shape index (κ1) is 14.1. The summed E-state index contributed by atoms with van der Waals surface area (Å²) in [6.07, 6.45) is 18.4. The molecule has 1 atom stereocenters. The number of aromatic nitrogens is 2. The lowest BCUT2D eigenvalue weighted by Gasteiger charge is -2.19. The highest BCUT2D eigenvalue weighted by Gasteiger charge is 2.20. The molecule has 1 aromatic heterocycles. The molecular formula is C21H20N2. The normalized spacial score (nSPS) is 20.0. The molecule has 0 fully saturated rings. The predicted molar refractivity (Wildman–Crippen MR) is 96.3 cm³/mol. The van der Waals surface area contributed by atoms with Gasteiger partial charge in [0.25, 0.3) is 0 Å². The topological polar surface area (TPSA) is 25.8 Å². The van der Waals surface area contributed by atoms with Crippen LogP contribution in [0.25, 0.3) is 16.6 Å². The lowest BCUT2D eigenvalue weighted by Crippen LogP contribution is -2.08. The van der Waals surface area contributed by atoms with Crippen molar-refractivity contribution < 1.29 is 0 Å². The van der Waals surface area contributed by atoms with E-state index in [1.54, 1.807) is 0 Å². The highest BCUT2D eigenvalue weighted by atomic mass is 14.8. The summed E-state index contributed by atoms with van der Waals surface area (Å²) in [6, 6.07) is 6.33. The molecule has 114 valence electrons. The van der Waals surface area contributed by atoms with Crippen LogP contribution in [0.5, 0.6) is 0 Å². The summed E-state index contributed by atoms with van der Waals surface area (Å²) in [5.74, 6) is 0.319. The van der Waals surface area contributed by atoms with Gasteiger partial charge in [-0.1, -0.05) is 48.6 Å². The molecule has 23 heavy (non-hydrogen) atoms. The summed E-state index contributed by atoms with van der Waals surface area (Å²) in [5.41, 5.74) is 6.71. The van der Waals surface area contributed by atoms with Gasteiger partial charge in [0.05, 0.1) is 22.4 Å². The number of aryl methyl sites for hydroxylation is 1. The zero-order valence-corrected chi connectivity index (χ0v) is 13.4. The van der Waals surface area contributed by atoms with E-state index in [0.29, 0.717) is 5.92 Å². The van der Waals surface area contributed by atoms with E-state index in [1.807, 2.05) is 0 Å². The van der Waals surface area contributed by atoms with Gasteiger partial charge in [-0.15, -0.1) is 0 Å². The van der Waals surface area contributed by atoms with Crippen molar-refractivity contribution >= 4 is 16.6 Å². The SMILES string of the molecule is Cc1ccc2nc(C3=CC=CCC3)c(C3C=CC=CC3)nc2c1. The molecule has 0 spiro atoms. The summed E-state index contributed by atoms with van der Waals surface area (Å²) in [5, 5.41) is 0. The molecule has 0 saturated carbocycles. The van der Waals surface area contributed by atoms with Crippen molar-refractivity contribution in [3.8, 4) is 0 Å². The minimum Gasteiger partial charge on any atom is -0.248 e. The maximum Gasteiger partial charge on any atom is 0.0894 e. The molecule has 1 unspecified atom stereocenters. The molecule has 2 nitrogen and oxygen atoms in total. The van der Waals surface area contributed by atoms with Gasteiger partial charge in [-0.2, -0.15) is 0 Å². The molecule has 0 radical (unpaired) electrons. The van der Waals surface area contributed by atoms with Gasteiger partial charge in [-0.05, 0) is 49.5 Å². The van der Waals surface area contributed by atoms with E-state index in [1.165, 1.54) is 11.1 Å². The first-order chi connectivity index (χ1) is 11.3. The van der Waals surface area contributed by atoms with Crippen molar-refractivity contribution in [1.82, 2.24) is 9.97 Å². The standard InChI is InChI=1S/C21H20N2/c1-15-12-13-18-19(14-15)23-21(17-10-6-3-7-11-17)20(22-18)16-8-4-2-5-9-16/h2-4,6-8,10,12-14,17H,5,9,11H2,1H3. The molecule has 0 N–H and O–H groups in total. The second kappa shape index (κ2) is 5.96. The van der Waals surface area contributed by atoms with Crippen molar-refractivity contribution in [3.63, 3.8) is 0 Å². The van der Waals surface area contributed by atoms with E-state index in [9.17, 15) is 0 Å². The Hall–Kier alpha value is -2.48. The van der Waals surface area contributed by atoms with Crippen LogP contribution in [-0.4, -0.2) is 9.97 Å². The zero-order chi connectivity index (χ0) is 15.6. The molecule has 2 heteroatoms. The van der Waals surface area contributed by atoms with Crippen LogP contribution in [-0.2, 0) is 0 Å². The van der Waals surface area contributed by atoms with Gasteiger partial charge in [0.1, 0.15) is 0 Å². The molecule has 0 bridgehead atoms. The Morgan fingerprint density at radius 2 is 1.96 bits per heavy atom. The monoisotopic (exact) mass is 300 g/mol. The van der Waals surface area contributed by atoms with E-state index >= 15 is 0 Å². The van der Waals surface area contributed by atoms with Crippen LogP contribution in [0.15, 0.2) is 60.7 Å². The maximum absolute atomic E-state index is 5.02. The minimum atomic E-state index is 0.319. The molecular weight excluding hydrogens is 280 g/mol. The Kier molecular flexibility index (Phi) is 3.66. The summed E-state index contributed by atoms with van der Waals surface area (Å²) >= 11 is 0. The number of hydrogen-bond acceptors (Lipinski definition) is 2. The third-order valence-corrected chi connectivity index (χ3v) is 4.50. The first-order valence-electron chi connectivity index (χ1n) is 8.29. The van der Waals surface area contributed by atoms with E-state index in [-0.39, 0.29) is 0 Å². The first-order valence-corrected chi connectivity index (χ1v) is 8.29. The van der Waals surface area contributed by atoms with Gasteiger partial charge in [-0.25, -0.2) is 9.97 Å². The molecule has 0 saturated heterocycles. The molecule has 2 aromatic rings. The quantitative estimate of drug-likeness (QED) is 0.755. The van der Waals surface area contributed by atoms with Crippen LogP contribution in [0.2, 0.25) is 0 Å². The highest BCUT2D eigenvalue weighted by Crippen LogP contribution is 2.33. The number of nitrogens with zero attached hydrogens (tertiary/aromatic N) is 2. The van der Waals surface area contributed by atoms with E-state index in [4.69, 9.17) is 9.97 Å². The Morgan fingerprint density at radius 3 is 2.74 bits per heavy atom.